The van der Waals surface area contributed by atoms with E-state index in [9.17, 15) is 0 Å². The predicted molar refractivity (Wildman–Crippen MR) is 109 cm³/mol. The molecule has 1 heterocycles. The number of rotatable bonds is 6. The predicted octanol–water partition coefficient (Wildman–Crippen LogP) is 2.67. The van der Waals surface area contributed by atoms with Crippen molar-refractivity contribution in [2.24, 2.45) is 10.4 Å². The standard InChI is InChI=1S/C19H32ClN5/c1-19(2,14-24(4)5)13-22-18(21-3)23-16-9-10-25(12-16)17-8-6-7-15(20)11-17/h6-8,11,16H,9-10,12-14H2,1-5H3,(H2,21,22,23). The van der Waals surface area contributed by atoms with Crippen molar-refractivity contribution < 1.29 is 0 Å². The molecule has 2 N–H and O–H groups in total. The molecule has 2 rings (SSSR count). The Bertz CT molecular complexity index is 585. The molecule has 140 valence electrons. The molecule has 1 atom stereocenters. The van der Waals surface area contributed by atoms with Crippen molar-refractivity contribution in [3.63, 3.8) is 0 Å². The number of halogens is 1. The lowest BCUT2D eigenvalue weighted by Gasteiger charge is -2.29. The van der Waals surface area contributed by atoms with Crippen LogP contribution in [-0.2, 0) is 0 Å². The molecule has 0 bridgehead atoms. The van der Waals surface area contributed by atoms with E-state index in [0.29, 0.717) is 6.04 Å². The Kier molecular flexibility index (Phi) is 6.96. The second kappa shape index (κ2) is 8.77. The zero-order chi connectivity index (χ0) is 18.4. The molecule has 1 aromatic rings. The van der Waals surface area contributed by atoms with Crippen molar-refractivity contribution in [1.29, 1.82) is 0 Å². The monoisotopic (exact) mass is 365 g/mol. The van der Waals surface area contributed by atoms with Gasteiger partial charge in [0.2, 0.25) is 0 Å². The maximum atomic E-state index is 6.11. The van der Waals surface area contributed by atoms with Crippen LogP contribution in [0.5, 0.6) is 0 Å². The first-order chi connectivity index (χ1) is 11.8. The van der Waals surface area contributed by atoms with Gasteiger partial charge in [-0.3, -0.25) is 4.99 Å². The zero-order valence-corrected chi connectivity index (χ0v) is 16.9. The normalized spacial score (nSPS) is 18.8. The average Bonchev–Trinajstić information content (AvgIpc) is 2.99. The van der Waals surface area contributed by atoms with Crippen LogP contribution in [-0.4, -0.2) is 64.2 Å². The van der Waals surface area contributed by atoms with Crippen molar-refractivity contribution in [3.8, 4) is 0 Å². The van der Waals surface area contributed by atoms with E-state index in [1.54, 1.807) is 0 Å². The van der Waals surface area contributed by atoms with E-state index >= 15 is 0 Å². The van der Waals surface area contributed by atoms with E-state index in [4.69, 9.17) is 11.6 Å². The third-order valence-electron chi connectivity index (χ3n) is 4.40. The number of nitrogens with one attached hydrogen (secondary N) is 2. The molecule has 0 amide bonds. The Balaban J connectivity index is 1.84. The number of hydrogen-bond acceptors (Lipinski definition) is 3. The van der Waals surface area contributed by atoms with Crippen LogP contribution >= 0.6 is 11.6 Å². The van der Waals surface area contributed by atoms with Gasteiger partial charge in [-0.2, -0.15) is 0 Å². The van der Waals surface area contributed by atoms with Crippen LogP contribution in [0.1, 0.15) is 20.3 Å². The number of aliphatic imine (C=N–C) groups is 1. The van der Waals surface area contributed by atoms with E-state index in [1.807, 2.05) is 25.2 Å². The van der Waals surface area contributed by atoms with Crippen LogP contribution in [0.3, 0.4) is 0 Å². The summed E-state index contributed by atoms with van der Waals surface area (Å²) in [5, 5.41) is 7.82. The van der Waals surface area contributed by atoms with E-state index in [-0.39, 0.29) is 5.41 Å². The molecule has 0 saturated carbocycles. The Labute approximate surface area is 157 Å². The minimum Gasteiger partial charge on any atom is -0.369 e. The first-order valence-corrected chi connectivity index (χ1v) is 9.29. The Morgan fingerprint density at radius 2 is 2.16 bits per heavy atom. The van der Waals surface area contributed by atoms with Gasteiger partial charge >= 0.3 is 0 Å². The fourth-order valence-electron chi connectivity index (χ4n) is 3.41. The Hall–Kier alpha value is -1.46. The topological polar surface area (TPSA) is 42.9 Å². The number of hydrogen-bond donors (Lipinski definition) is 2. The van der Waals surface area contributed by atoms with Gasteiger partial charge in [0.1, 0.15) is 0 Å². The summed E-state index contributed by atoms with van der Waals surface area (Å²) in [6, 6.07) is 8.46. The van der Waals surface area contributed by atoms with E-state index in [2.05, 4.69) is 59.4 Å². The molecule has 1 fully saturated rings. The van der Waals surface area contributed by atoms with Crippen molar-refractivity contribution in [2.75, 3.05) is 52.2 Å². The van der Waals surface area contributed by atoms with Crippen molar-refractivity contribution in [2.45, 2.75) is 26.3 Å². The van der Waals surface area contributed by atoms with Gasteiger partial charge in [0, 0.05) is 50.0 Å². The first kappa shape index (κ1) is 19.9. The van der Waals surface area contributed by atoms with Crippen molar-refractivity contribution in [3.05, 3.63) is 29.3 Å². The highest BCUT2D eigenvalue weighted by molar-refractivity contribution is 6.30. The van der Waals surface area contributed by atoms with Crippen LogP contribution in [0.15, 0.2) is 29.3 Å². The maximum absolute atomic E-state index is 6.11. The minimum absolute atomic E-state index is 0.184. The number of anilines is 1. The van der Waals surface area contributed by atoms with E-state index < -0.39 is 0 Å². The summed E-state index contributed by atoms with van der Waals surface area (Å²) in [5.41, 5.74) is 1.37. The SMILES string of the molecule is CN=C(NCC(C)(C)CN(C)C)NC1CCN(c2cccc(Cl)c2)C1. The summed E-state index contributed by atoms with van der Waals surface area (Å²) < 4.78 is 0. The molecule has 25 heavy (non-hydrogen) atoms. The molecule has 5 nitrogen and oxygen atoms in total. The van der Waals surface area contributed by atoms with E-state index in [0.717, 1.165) is 43.6 Å². The van der Waals surface area contributed by atoms with Crippen LogP contribution in [0, 0.1) is 5.41 Å². The molecule has 1 aliphatic heterocycles. The lowest BCUT2D eigenvalue weighted by Crippen LogP contribution is -2.48. The first-order valence-electron chi connectivity index (χ1n) is 8.91. The van der Waals surface area contributed by atoms with Crippen LogP contribution in [0.4, 0.5) is 5.69 Å². The van der Waals surface area contributed by atoms with E-state index in [1.165, 1.54) is 5.69 Å². The molecule has 6 heteroatoms. The summed E-state index contributed by atoms with van der Waals surface area (Å²) in [5.74, 6) is 0.879. The molecular formula is C19H32ClN5. The summed E-state index contributed by atoms with van der Waals surface area (Å²) in [7, 11) is 6.05. The fourth-order valence-corrected chi connectivity index (χ4v) is 3.59. The molecule has 1 saturated heterocycles. The van der Waals surface area contributed by atoms with Gasteiger partial charge in [0.25, 0.3) is 0 Å². The fraction of sp³-hybridized carbons (Fsp3) is 0.632. The lowest BCUT2D eigenvalue weighted by molar-refractivity contribution is 0.241. The van der Waals surface area contributed by atoms with Crippen LogP contribution in [0.25, 0.3) is 0 Å². The van der Waals surface area contributed by atoms with Gasteiger partial charge in [-0.1, -0.05) is 31.5 Å². The molecule has 1 aromatic carbocycles. The smallest absolute Gasteiger partial charge is 0.191 e. The highest BCUT2D eigenvalue weighted by Gasteiger charge is 2.24. The molecular weight excluding hydrogens is 334 g/mol. The number of benzene rings is 1. The second-order valence-electron chi connectivity index (χ2n) is 7.88. The van der Waals surface area contributed by atoms with Gasteiger partial charge in [-0.25, -0.2) is 0 Å². The molecule has 0 spiro atoms. The molecule has 0 aliphatic carbocycles. The van der Waals surface area contributed by atoms with Crippen molar-refractivity contribution >= 4 is 23.2 Å². The summed E-state index contributed by atoms with van der Waals surface area (Å²) >= 11 is 6.11. The summed E-state index contributed by atoms with van der Waals surface area (Å²) in [6.07, 6.45) is 1.09. The summed E-state index contributed by atoms with van der Waals surface area (Å²) in [6.45, 7) is 8.44. The lowest BCUT2D eigenvalue weighted by atomic mass is 9.93. The van der Waals surface area contributed by atoms with Gasteiger partial charge in [-0.15, -0.1) is 0 Å². The quantitative estimate of drug-likeness (QED) is 0.601. The largest absolute Gasteiger partial charge is 0.369 e. The van der Waals surface area contributed by atoms with Gasteiger partial charge in [0.15, 0.2) is 5.96 Å². The second-order valence-corrected chi connectivity index (χ2v) is 8.32. The molecule has 0 aromatic heterocycles. The number of guanidine groups is 1. The van der Waals surface area contributed by atoms with Gasteiger partial charge in [-0.05, 0) is 44.1 Å². The highest BCUT2D eigenvalue weighted by atomic mass is 35.5. The van der Waals surface area contributed by atoms with Gasteiger partial charge < -0.3 is 20.4 Å². The van der Waals surface area contributed by atoms with Gasteiger partial charge in [0.05, 0.1) is 0 Å². The van der Waals surface area contributed by atoms with Crippen LogP contribution in [0.2, 0.25) is 5.02 Å². The van der Waals surface area contributed by atoms with Crippen molar-refractivity contribution in [1.82, 2.24) is 15.5 Å². The maximum Gasteiger partial charge on any atom is 0.191 e. The van der Waals surface area contributed by atoms with Crippen LogP contribution < -0.4 is 15.5 Å². The molecule has 1 aliphatic rings. The Morgan fingerprint density at radius 3 is 2.80 bits per heavy atom. The molecule has 0 radical (unpaired) electrons. The Morgan fingerprint density at radius 1 is 1.40 bits per heavy atom. The zero-order valence-electron chi connectivity index (χ0n) is 16.1. The average molecular weight is 366 g/mol. The molecule has 1 unspecified atom stereocenters. The minimum atomic E-state index is 0.184. The third kappa shape index (κ3) is 6.40. The highest BCUT2D eigenvalue weighted by Crippen LogP contribution is 2.23. The number of nitrogens with zero attached hydrogens (tertiary/aromatic N) is 3. The third-order valence-corrected chi connectivity index (χ3v) is 4.64. The summed E-state index contributed by atoms with van der Waals surface area (Å²) in [4.78, 5) is 8.97.